The summed E-state index contributed by atoms with van der Waals surface area (Å²) in [7, 11) is 0. The lowest BCUT2D eigenvalue weighted by Crippen LogP contribution is -2.09. The van der Waals surface area contributed by atoms with E-state index in [9.17, 15) is 13.6 Å². The van der Waals surface area contributed by atoms with Crippen LogP contribution in [-0.4, -0.2) is 15.8 Å². The maximum absolute atomic E-state index is 14.3. The van der Waals surface area contributed by atoms with Crippen molar-refractivity contribution in [3.05, 3.63) is 77.6 Å². The molecule has 2 aromatic carbocycles. The summed E-state index contributed by atoms with van der Waals surface area (Å²) < 4.78 is 28.4. The van der Waals surface area contributed by atoms with Crippen molar-refractivity contribution < 1.29 is 13.6 Å². The quantitative estimate of drug-likeness (QED) is 0.276. The van der Waals surface area contributed by atoms with Gasteiger partial charge in [-0.05, 0) is 35.9 Å². The lowest BCUT2D eigenvalue weighted by Gasteiger charge is -2.06. The van der Waals surface area contributed by atoms with Crippen LogP contribution >= 0.6 is 12.6 Å². The van der Waals surface area contributed by atoms with Crippen molar-refractivity contribution in [2.24, 2.45) is 0 Å². The fourth-order valence-corrected chi connectivity index (χ4v) is 3.06. The number of ketones is 1. The summed E-state index contributed by atoms with van der Waals surface area (Å²) in [4.78, 5) is 20.8. The summed E-state index contributed by atoms with van der Waals surface area (Å²) in [5, 5.41) is 0.466. The minimum atomic E-state index is -1.07. The molecule has 0 amide bonds. The first kappa shape index (κ1) is 17.2. The average Bonchev–Trinajstić information content (AvgIpc) is 3.09. The lowest BCUT2D eigenvalue weighted by molar-refractivity contribution is 0.103. The van der Waals surface area contributed by atoms with Crippen LogP contribution in [0.25, 0.3) is 22.2 Å². The Bertz CT molecular complexity index is 1190. The number of thiol groups is 1. The van der Waals surface area contributed by atoms with Crippen molar-refractivity contribution in [1.29, 1.82) is 0 Å². The molecule has 27 heavy (non-hydrogen) atoms. The Labute approximate surface area is 158 Å². The molecule has 0 radical (unpaired) electrons. The van der Waals surface area contributed by atoms with Crippen LogP contribution in [-0.2, 0) is 0 Å². The Balaban J connectivity index is 1.86. The number of fused-ring (bicyclic) bond motifs is 1. The van der Waals surface area contributed by atoms with Gasteiger partial charge in [-0.15, -0.1) is 12.6 Å². The number of carbonyl (C=O) groups is 1. The first-order valence-electron chi connectivity index (χ1n) is 8.00. The Morgan fingerprint density at radius 1 is 1.07 bits per heavy atom. The third kappa shape index (κ3) is 2.96. The van der Waals surface area contributed by atoms with Crippen LogP contribution in [0.5, 0.6) is 0 Å². The van der Waals surface area contributed by atoms with Gasteiger partial charge >= 0.3 is 0 Å². The smallest absolute Gasteiger partial charge is 0.201 e. The van der Waals surface area contributed by atoms with Crippen LogP contribution in [0.3, 0.4) is 0 Å². The Hall–Kier alpha value is -3.19. The van der Waals surface area contributed by atoms with Crippen LogP contribution in [0.15, 0.2) is 59.8 Å². The molecule has 0 saturated heterocycles. The van der Waals surface area contributed by atoms with Crippen molar-refractivity contribution in [2.75, 3.05) is 5.73 Å². The third-order valence-corrected chi connectivity index (χ3v) is 4.62. The minimum absolute atomic E-state index is 0.119. The molecule has 2 heterocycles. The van der Waals surface area contributed by atoms with E-state index in [2.05, 4.69) is 22.6 Å². The fourth-order valence-electron chi connectivity index (χ4n) is 2.91. The van der Waals surface area contributed by atoms with E-state index in [1.165, 1.54) is 6.20 Å². The summed E-state index contributed by atoms with van der Waals surface area (Å²) in [6, 6.07) is 11.2. The molecule has 0 aliphatic rings. The lowest BCUT2D eigenvalue weighted by atomic mass is 10.00. The van der Waals surface area contributed by atoms with Gasteiger partial charge in [0.25, 0.3) is 0 Å². The number of benzene rings is 2. The Kier molecular flexibility index (Phi) is 4.16. The molecular formula is C20H13F2N3OS. The minimum Gasteiger partial charge on any atom is -0.396 e. The van der Waals surface area contributed by atoms with Crippen molar-refractivity contribution in [2.45, 2.75) is 4.90 Å². The van der Waals surface area contributed by atoms with Gasteiger partial charge in [0.1, 0.15) is 11.5 Å². The predicted molar refractivity (Wildman–Crippen MR) is 103 cm³/mol. The number of hydrogen-bond acceptors (Lipinski definition) is 4. The van der Waals surface area contributed by atoms with E-state index in [1.54, 1.807) is 12.3 Å². The molecule has 0 aliphatic carbocycles. The molecular weight excluding hydrogens is 368 g/mol. The highest BCUT2D eigenvalue weighted by atomic mass is 32.1. The zero-order chi connectivity index (χ0) is 19.1. The second kappa shape index (κ2) is 6.51. The molecule has 4 nitrogen and oxygen atoms in total. The zero-order valence-corrected chi connectivity index (χ0v) is 14.7. The Morgan fingerprint density at radius 2 is 1.81 bits per heavy atom. The van der Waals surface area contributed by atoms with E-state index < -0.39 is 23.0 Å². The largest absolute Gasteiger partial charge is 0.396 e. The highest BCUT2D eigenvalue weighted by molar-refractivity contribution is 7.80. The molecule has 0 bridgehead atoms. The van der Waals surface area contributed by atoms with Gasteiger partial charge in [0.05, 0.1) is 11.3 Å². The van der Waals surface area contributed by atoms with Crippen molar-refractivity contribution >= 4 is 35.1 Å². The highest BCUT2D eigenvalue weighted by Gasteiger charge is 2.23. The molecule has 0 aliphatic heterocycles. The number of aromatic amines is 1. The second-order valence-corrected chi connectivity index (χ2v) is 6.54. The molecule has 0 unspecified atom stereocenters. The molecule has 0 saturated carbocycles. The van der Waals surface area contributed by atoms with E-state index >= 15 is 0 Å². The van der Waals surface area contributed by atoms with Crippen molar-refractivity contribution in [3.63, 3.8) is 0 Å². The molecule has 0 fully saturated rings. The van der Waals surface area contributed by atoms with E-state index in [0.29, 0.717) is 11.0 Å². The summed E-state index contributed by atoms with van der Waals surface area (Å²) in [6.07, 6.45) is 3.05. The monoisotopic (exact) mass is 381 g/mol. The van der Waals surface area contributed by atoms with Crippen molar-refractivity contribution in [1.82, 2.24) is 9.97 Å². The fraction of sp³-hybridized carbons (Fsp3) is 0. The summed E-state index contributed by atoms with van der Waals surface area (Å²) in [6.45, 7) is 0. The Morgan fingerprint density at radius 3 is 2.56 bits per heavy atom. The predicted octanol–water partition coefficient (Wildman–Crippen LogP) is 4.61. The van der Waals surface area contributed by atoms with Crippen LogP contribution < -0.4 is 5.73 Å². The molecule has 0 spiro atoms. The number of aromatic nitrogens is 2. The number of nitrogens with zero attached hydrogens (tertiary/aromatic N) is 1. The van der Waals surface area contributed by atoms with Gasteiger partial charge < -0.3 is 10.7 Å². The highest BCUT2D eigenvalue weighted by Crippen LogP contribution is 2.28. The van der Waals surface area contributed by atoms with Crippen LogP contribution in [0, 0.1) is 11.6 Å². The number of halogens is 2. The maximum Gasteiger partial charge on any atom is 0.201 e. The van der Waals surface area contributed by atoms with Gasteiger partial charge in [0, 0.05) is 33.8 Å². The van der Waals surface area contributed by atoms with Gasteiger partial charge in [-0.25, -0.2) is 13.8 Å². The van der Waals surface area contributed by atoms with Crippen molar-refractivity contribution in [3.8, 4) is 11.1 Å². The molecule has 4 aromatic rings. The van der Waals surface area contributed by atoms with Gasteiger partial charge in [-0.1, -0.05) is 12.1 Å². The zero-order valence-electron chi connectivity index (χ0n) is 13.8. The summed E-state index contributed by atoms with van der Waals surface area (Å²) in [5.41, 5.74) is 6.72. The molecule has 0 atom stereocenters. The standard InChI is InChI=1S/C20H13F2N3OS/c21-15-5-6-16(23)18(22)17(15)19(26)14-9-25-20-13(14)7-11(8-24-20)10-1-3-12(27)4-2-10/h1-9,27H,23H2,(H,24,25). The SMILES string of the molecule is Nc1ccc(F)c(C(=O)c2c[nH]c3ncc(-c4ccc(S)cc4)cc23)c1F. The number of H-pyrrole nitrogens is 1. The van der Waals surface area contributed by atoms with Crippen LogP contribution in [0.2, 0.25) is 0 Å². The van der Waals surface area contributed by atoms with Gasteiger partial charge in [0.2, 0.25) is 5.78 Å². The number of pyridine rings is 1. The molecule has 7 heteroatoms. The first-order chi connectivity index (χ1) is 13.0. The van der Waals surface area contributed by atoms with Crippen LogP contribution in [0.4, 0.5) is 14.5 Å². The number of hydrogen-bond donors (Lipinski definition) is 3. The molecule has 134 valence electrons. The summed E-state index contributed by atoms with van der Waals surface area (Å²) >= 11 is 4.26. The number of nitrogens with two attached hydrogens (primary N) is 1. The number of carbonyl (C=O) groups excluding carboxylic acids is 1. The molecule has 2 aromatic heterocycles. The summed E-state index contributed by atoms with van der Waals surface area (Å²) in [5.74, 6) is -2.83. The number of rotatable bonds is 3. The average molecular weight is 381 g/mol. The van der Waals surface area contributed by atoms with Gasteiger partial charge in [0.15, 0.2) is 5.82 Å². The third-order valence-electron chi connectivity index (χ3n) is 4.32. The van der Waals surface area contributed by atoms with Gasteiger partial charge in [-0.3, -0.25) is 4.79 Å². The first-order valence-corrected chi connectivity index (χ1v) is 8.45. The maximum atomic E-state index is 14.3. The second-order valence-electron chi connectivity index (χ2n) is 6.02. The van der Waals surface area contributed by atoms with E-state index in [-0.39, 0.29) is 11.3 Å². The number of nitrogens with one attached hydrogen (secondary N) is 1. The molecule has 4 rings (SSSR count). The van der Waals surface area contributed by atoms with E-state index in [4.69, 9.17) is 5.73 Å². The topological polar surface area (TPSA) is 71.8 Å². The number of nitrogen functional groups attached to an aromatic ring is 1. The van der Waals surface area contributed by atoms with E-state index in [1.807, 2.05) is 24.3 Å². The van der Waals surface area contributed by atoms with Crippen LogP contribution in [0.1, 0.15) is 15.9 Å². The molecule has 3 N–H and O–H groups in total. The number of anilines is 1. The normalized spacial score (nSPS) is 11.1. The van der Waals surface area contributed by atoms with E-state index in [0.717, 1.165) is 28.2 Å². The van der Waals surface area contributed by atoms with Gasteiger partial charge in [-0.2, -0.15) is 0 Å².